The zero-order chi connectivity index (χ0) is 8.43. The van der Waals surface area contributed by atoms with Crippen LogP contribution in [0.5, 0.6) is 0 Å². The average Bonchev–Trinajstić information content (AvgIpc) is 1.85. The average molecular weight is 194 g/mol. The van der Waals surface area contributed by atoms with Gasteiger partial charge in [-0.15, -0.1) is 12.4 Å². The first-order valence-corrected chi connectivity index (χ1v) is 3.32. The maximum Gasteiger partial charge on any atom is 0.130 e. The predicted molar refractivity (Wildman–Crippen MR) is 46.2 cm³/mol. The summed E-state index contributed by atoms with van der Waals surface area (Å²) in [5.41, 5.74) is 5.74. The minimum Gasteiger partial charge on any atom is -0.324 e. The third-order valence-corrected chi connectivity index (χ3v) is 1.45. The van der Waals surface area contributed by atoms with E-state index < -0.39 is 17.7 Å². The molecule has 1 rings (SSSR count). The first-order chi connectivity index (χ1) is 5.11. The fraction of sp³-hybridized carbons (Fsp3) is 0.250. The van der Waals surface area contributed by atoms with Crippen LogP contribution < -0.4 is 5.73 Å². The zero-order valence-corrected chi connectivity index (χ0v) is 7.37. The third-order valence-electron chi connectivity index (χ3n) is 1.45. The van der Waals surface area contributed by atoms with Crippen LogP contribution in [-0.2, 0) is 0 Å². The Hall–Kier alpha value is -0.670. The summed E-state index contributed by atoms with van der Waals surface area (Å²) in [7, 11) is 0. The molecule has 0 saturated heterocycles. The Morgan fingerprint density at radius 2 is 1.92 bits per heavy atom. The number of nitrogens with two attached hydrogens (primary N) is 1. The normalized spacial score (nSPS) is 12.0. The molecule has 0 aromatic heterocycles. The van der Waals surface area contributed by atoms with Crippen LogP contribution in [0.15, 0.2) is 18.2 Å². The summed E-state index contributed by atoms with van der Waals surface area (Å²) in [6.07, 6.45) is 0. The van der Waals surface area contributed by atoms with Gasteiger partial charge in [0, 0.05) is 17.7 Å². The van der Waals surface area contributed by atoms with Crippen molar-refractivity contribution in [2.75, 3.05) is 0 Å². The van der Waals surface area contributed by atoms with Crippen LogP contribution in [0.2, 0.25) is 0 Å². The largest absolute Gasteiger partial charge is 0.324 e. The molecule has 0 bridgehead atoms. The van der Waals surface area contributed by atoms with Gasteiger partial charge in [-0.25, -0.2) is 8.78 Å². The third kappa shape index (κ3) is 2.43. The molecule has 68 valence electrons. The van der Waals surface area contributed by atoms with Crippen molar-refractivity contribution in [3.8, 4) is 0 Å². The molecular formula is C8H10ClF2N. The Balaban J connectivity index is 0.00000121. The van der Waals surface area contributed by atoms with E-state index in [2.05, 4.69) is 0 Å². The van der Waals surface area contributed by atoms with Gasteiger partial charge in [-0.05, 0) is 13.0 Å². The number of rotatable bonds is 1. The van der Waals surface area contributed by atoms with Gasteiger partial charge in [0.2, 0.25) is 0 Å². The van der Waals surface area contributed by atoms with Gasteiger partial charge < -0.3 is 5.73 Å². The lowest BCUT2D eigenvalue weighted by molar-refractivity contribution is 0.562. The van der Waals surface area contributed by atoms with Crippen molar-refractivity contribution in [2.24, 2.45) is 5.73 Å². The van der Waals surface area contributed by atoms with Gasteiger partial charge in [-0.3, -0.25) is 0 Å². The van der Waals surface area contributed by atoms with E-state index in [4.69, 9.17) is 5.73 Å². The molecule has 0 radical (unpaired) electrons. The minimum atomic E-state index is -0.583. The number of hydrogen-bond acceptors (Lipinski definition) is 1. The fourth-order valence-electron chi connectivity index (χ4n) is 0.871. The van der Waals surface area contributed by atoms with Gasteiger partial charge in [0.25, 0.3) is 0 Å². The fourth-order valence-corrected chi connectivity index (χ4v) is 0.871. The molecule has 1 unspecified atom stereocenters. The van der Waals surface area contributed by atoms with E-state index in [-0.39, 0.29) is 12.4 Å². The Kier molecular flexibility index (Phi) is 4.13. The lowest BCUT2D eigenvalue weighted by Gasteiger charge is -2.05. The topological polar surface area (TPSA) is 26.0 Å². The molecule has 1 aromatic carbocycles. The second-order valence-corrected chi connectivity index (χ2v) is 2.45. The van der Waals surface area contributed by atoms with Crippen LogP contribution in [0.25, 0.3) is 0 Å². The van der Waals surface area contributed by atoms with Gasteiger partial charge in [0.05, 0.1) is 0 Å². The summed E-state index contributed by atoms with van der Waals surface area (Å²) < 4.78 is 25.1. The van der Waals surface area contributed by atoms with Crippen molar-refractivity contribution < 1.29 is 8.78 Å². The highest BCUT2D eigenvalue weighted by Crippen LogP contribution is 2.14. The molecule has 0 amide bonds. The number of hydrogen-bond donors (Lipinski definition) is 1. The van der Waals surface area contributed by atoms with E-state index in [1.165, 1.54) is 12.1 Å². The summed E-state index contributed by atoms with van der Waals surface area (Å²) in [5, 5.41) is 0. The van der Waals surface area contributed by atoms with Crippen LogP contribution in [0.3, 0.4) is 0 Å². The quantitative estimate of drug-likeness (QED) is 0.728. The first kappa shape index (κ1) is 11.3. The smallest absolute Gasteiger partial charge is 0.130 e. The molecule has 0 aliphatic heterocycles. The molecule has 0 fully saturated rings. The molecule has 1 aromatic rings. The lowest BCUT2D eigenvalue weighted by Crippen LogP contribution is -2.07. The maximum atomic E-state index is 12.8. The molecular weight excluding hydrogens is 184 g/mol. The summed E-state index contributed by atoms with van der Waals surface area (Å²) in [5.74, 6) is -1.16. The molecule has 1 atom stereocenters. The van der Waals surface area contributed by atoms with Gasteiger partial charge in [-0.1, -0.05) is 6.07 Å². The first-order valence-electron chi connectivity index (χ1n) is 3.32. The van der Waals surface area contributed by atoms with Crippen LogP contribution in [0.1, 0.15) is 18.5 Å². The van der Waals surface area contributed by atoms with Crippen LogP contribution in [0, 0.1) is 11.6 Å². The van der Waals surface area contributed by atoms with Gasteiger partial charge in [-0.2, -0.15) is 0 Å². The molecule has 0 spiro atoms. The van der Waals surface area contributed by atoms with E-state index in [1.54, 1.807) is 6.92 Å². The van der Waals surface area contributed by atoms with E-state index >= 15 is 0 Å². The SMILES string of the molecule is CC(N)c1ccc(F)cc1F.Cl. The lowest BCUT2D eigenvalue weighted by atomic mass is 10.1. The zero-order valence-electron chi connectivity index (χ0n) is 6.55. The highest BCUT2D eigenvalue weighted by atomic mass is 35.5. The van der Waals surface area contributed by atoms with Gasteiger partial charge >= 0.3 is 0 Å². The Bertz CT molecular complexity index is 263. The minimum absolute atomic E-state index is 0. The van der Waals surface area contributed by atoms with Crippen molar-refractivity contribution in [3.63, 3.8) is 0 Å². The summed E-state index contributed by atoms with van der Waals surface area (Å²) in [4.78, 5) is 0. The summed E-state index contributed by atoms with van der Waals surface area (Å²) >= 11 is 0. The molecule has 0 saturated carbocycles. The molecule has 0 aliphatic rings. The highest BCUT2D eigenvalue weighted by Gasteiger charge is 2.06. The Morgan fingerprint density at radius 1 is 1.33 bits per heavy atom. The second kappa shape index (κ2) is 4.38. The monoisotopic (exact) mass is 193 g/mol. The van der Waals surface area contributed by atoms with Crippen molar-refractivity contribution in [3.05, 3.63) is 35.4 Å². The second-order valence-electron chi connectivity index (χ2n) is 2.45. The van der Waals surface area contributed by atoms with Crippen LogP contribution in [-0.4, -0.2) is 0 Å². The molecule has 4 heteroatoms. The Morgan fingerprint density at radius 3 is 2.33 bits per heavy atom. The molecule has 0 aliphatic carbocycles. The Labute approximate surface area is 76.0 Å². The van der Waals surface area contributed by atoms with E-state index in [0.717, 1.165) is 6.07 Å². The molecule has 12 heavy (non-hydrogen) atoms. The summed E-state index contributed by atoms with van der Waals surface area (Å²) in [6, 6.07) is 2.99. The number of halogens is 3. The standard InChI is InChI=1S/C8H9F2N.ClH/c1-5(11)7-3-2-6(9)4-8(7)10;/h2-5H,11H2,1H3;1H. The van der Waals surface area contributed by atoms with Gasteiger partial charge in [0.1, 0.15) is 11.6 Å². The van der Waals surface area contributed by atoms with Crippen molar-refractivity contribution in [1.82, 2.24) is 0 Å². The molecule has 1 nitrogen and oxygen atoms in total. The van der Waals surface area contributed by atoms with Gasteiger partial charge in [0.15, 0.2) is 0 Å². The van der Waals surface area contributed by atoms with E-state index in [0.29, 0.717) is 5.56 Å². The van der Waals surface area contributed by atoms with E-state index in [1.807, 2.05) is 0 Å². The van der Waals surface area contributed by atoms with E-state index in [9.17, 15) is 8.78 Å². The van der Waals surface area contributed by atoms with Crippen molar-refractivity contribution in [2.45, 2.75) is 13.0 Å². The highest BCUT2D eigenvalue weighted by molar-refractivity contribution is 5.85. The predicted octanol–water partition coefficient (Wildman–Crippen LogP) is 2.41. The van der Waals surface area contributed by atoms with Crippen LogP contribution in [0.4, 0.5) is 8.78 Å². The molecule has 0 heterocycles. The van der Waals surface area contributed by atoms with Crippen LogP contribution >= 0.6 is 12.4 Å². The van der Waals surface area contributed by atoms with Crippen molar-refractivity contribution >= 4 is 12.4 Å². The molecule has 2 N–H and O–H groups in total. The number of benzene rings is 1. The summed E-state index contributed by atoms with van der Waals surface area (Å²) in [6.45, 7) is 1.65. The van der Waals surface area contributed by atoms with Crippen molar-refractivity contribution in [1.29, 1.82) is 0 Å². The maximum absolute atomic E-state index is 12.8.